The maximum atomic E-state index is 12.5. The summed E-state index contributed by atoms with van der Waals surface area (Å²) < 4.78 is 53.3. The Hall–Kier alpha value is -3.23. The molecule has 0 saturated heterocycles. The van der Waals surface area contributed by atoms with E-state index in [4.69, 9.17) is 14.2 Å². The summed E-state index contributed by atoms with van der Waals surface area (Å²) in [7, 11) is 0. The van der Waals surface area contributed by atoms with Gasteiger partial charge in [0.25, 0.3) is 5.91 Å². The summed E-state index contributed by atoms with van der Waals surface area (Å²) in [5.74, 6) is -0.539. The fourth-order valence-corrected chi connectivity index (χ4v) is 2.34. The van der Waals surface area contributed by atoms with E-state index in [1.807, 2.05) is 13.8 Å². The summed E-state index contributed by atoms with van der Waals surface area (Å²) in [4.78, 5) is 23.9. The molecule has 2 aromatic rings. The Morgan fingerprint density at radius 2 is 1.55 bits per heavy atom. The van der Waals surface area contributed by atoms with Crippen molar-refractivity contribution in [3.8, 4) is 11.5 Å². The number of ether oxygens (including phenoxy) is 3. The van der Waals surface area contributed by atoms with Crippen LogP contribution in [-0.4, -0.2) is 31.7 Å². The second-order valence-corrected chi connectivity index (χ2v) is 5.73. The number of carbonyl (C=O) groups excluding carboxylic acids is 2. The van der Waals surface area contributed by atoms with E-state index >= 15 is 0 Å². The average Bonchev–Trinajstić information content (AvgIpc) is 2.68. The molecule has 1 amide bonds. The molecule has 9 heteroatoms. The molecule has 0 aliphatic heterocycles. The first kappa shape index (κ1) is 22.1. The molecule has 0 atom stereocenters. The number of rotatable bonds is 8. The van der Waals surface area contributed by atoms with Crippen molar-refractivity contribution in [1.82, 2.24) is 0 Å². The third-order valence-corrected chi connectivity index (χ3v) is 3.61. The van der Waals surface area contributed by atoms with E-state index in [-0.39, 0.29) is 5.56 Å². The zero-order valence-corrected chi connectivity index (χ0v) is 15.8. The summed E-state index contributed by atoms with van der Waals surface area (Å²) in [6.07, 6.45) is -4.50. The highest BCUT2D eigenvalue weighted by Crippen LogP contribution is 2.31. The van der Waals surface area contributed by atoms with Gasteiger partial charge in [0.2, 0.25) is 0 Å². The lowest BCUT2D eigenvalue weighted by Gasteiger charge is -2.13. The highest BCUT2D eigenvalue weighted by atomic mass is 19.4. The fourth-order valence-electron chi connectivity index (χ4n) is 2.34. The van der Waals surface area contributed by atoms with Gasteiger partial charge in [0, 0.05) is 11.8 Å². The number of hydrogen-bond acceptors (Lipinski definition) is 5. The third-order valence-electron chi connectivity index (χ3n) is 3.61. The van der Waals surface area contributed by atoms with Crippen LogP contribution in [0.5, 0.6) is 11.5 Å². The predicted octanol–water partition coefficient (Wildman–Crippen LogP) is 4.30. The molecule has 0 radical (unpaired) electrons. The van der Waals surface area contributed by atoms with Gasteiger partial charge < -0.3 is 19.5 Å². The fraction of sp³-hybridized carbons (Fsp3) is 0.300. The van der Waals surface area contributed by atoms with Crippen molar-refractivity contribution in [2.24, 2.45) is 0 Å². The van der Waals surface area contributed by atoms with Crippen LogP contribution in [0, 0.1) is 0 Å². The summed E-state index contributed by atoms with van der Waals surface area (Å²) in [5, 5.41) is 2.55. The molecular formula is C20H20F3NO5. The Morgan fingerprint density at radius 3 is 2.14 bits per heavy atom. The standard InChI is InChI=1S/C20H20F3NO5/c1-3-27-16-10-9-15(11-17(16)28-4-2)24-18(25)12-29-19(26)13-5-7-14(8-6-13)20(21,22)23/h5-11H,3-4,12H2,1-2H3,(H,24,25). The highest BCUT2D eigenvalue weighted by Gasteiger charge is 2.30. The van der Waals surface area contributed by atoms with Gasteiger partial charge in [-0.1, -0.05) is 0 Å². The summed E-state index contributed by atoms with van der Waals surface area (Å²) in [6.45, 7) is 3.89. The number of halogens is 3. The largest absolute Gasteiger partial charge is 0.490 e. The molecule has 0 aliphatic carbocycles. The van der Waals surface area contributed by atoms with E-state index in [2.05, 4.69) is 5.32 Å². The van der Waals surface area contributed by atoms with Crippen molar-refractivity contribution >= 4 is 17.6 Å². The lowest BCUT2D eigenvalue weighted by atomic mass is 10.1. The zero-order valence-electron chi connectivity index (χ0n) is 15.8. The molecule has 0 spiro atoms. The first-order chi connectivity index (χ1) is 13.7. The van der Waals surface area contributed by atoms with E-state index < -0.39 is 30.2 Å². The minimum atomic E-state index is -4.50. The monoisotopic (exact) mass is 411 g/mol. The predicted molar refractivity (Wildman–Crippen MR) is 99.1 cm³/mol. The lowest BCUT2D eigenvalue weighted by molar-refractivity contribution is -0.137. The summed E-state index contributed by atoms with van der Waals surface area (Å²) in [6, 6.07) is 8.33. The molecule has 156 valence electrons. The Kier molecular flexibility index (Phi) is 7.46. The Bertz CT molecular complexity index is 850. The van der Waals surface area contributed by atoms with Gasteiger partial charge in [-0.05, 0) is 50.2 Å². The quantitative estimate of drug-likeness (QED) is 0.656. The SMILES string of the molecule is CCOc1ccc(NC(=O)COC(=O)c2ccc(C(F)(F)F)cc2)cc1OCC. The molecule has 0 saturated carbocycles. The molecule has 2 rings (SSSR count). The van der Waals surface area contributed by atoms with Crippen molar-refractivity contribution in [3.05, 3.63) is 53.6 Å². The first-order valence-electron chi connectivity index (χ1n) is 8.78. The molecule has 0 fully saturated rings. The Balaban J connectivity index is 1.94. The van der Waals surface area contributed by atoms with Gasteiger partial charge in [-0.15, -0.1) is 0 Å². The molecule has 2 aromatic carbocycles. The minimum Gasteiger partial charge on any atom is -0.490 e. The van der Waals surface area contributed by atoms with Gasteiger partial charge in [0.05, 0.1) is 24.3 Å². The first-order valence-corrected chi connectivity index (χ1v) is 8.78. The average molecular weight is 411 g/mol. The van der Waals surface area contributed by atoms with Crippen LogP contribution in [0.1, 0.15) is 29.8 Å². The number of alkyl halides is 3. The van der Waals surface area contributed by atoms with Gasteiger partial charge in [-0.25, -0.2) is 4.79 Å². The van der Waals surface area contributed by atoms with Crippen molar-refractivity contribution < 1.29 is 37.0 Å². The molecule has 29 heavy (non-hydrogen) atoms. The molecule has 0 aromatic heterocycles. The topological polar surface area (TPSA) is 73.9 Å². The smallest absolute Gasteiger partial charge is 0.416 e. The molecule has 1 N–H and O–H groups in total. The number of amides is 1. The second kappa shape index (κ2) is 9.81. The van der Waals surface area contributed by atoms with Crippen LogP contribution in [-0.2, 0) is 15.7 Å². The third kappa shape index (κ3) is 6.41. The Morgan fingerprint density at radius 1 is 0.931 bits per heavy atom. The Labute approximate surface area is 165 Å². The van der Waals surface area contributed by atoms with Gasteiger partial charge in [-0.2, -0.15) is 13.2 Å². The van der Waals surface area contributed by atoms with Gasteiger partial charge in [0.1, 0.15) is 0 Å². The van der Waals surface area contributed by atoms with Crippen LogP contribution >= 0.6 is 0 Å². The highest BCUT2D eigenvalue weighted by molar-refractivity contribution is 5.95. The molecule has 0 heterocycles. The van der Waals surface area contributed by atoms with Crippen LogP contribution in [0.15, 0.2) is 42.5 Å². The maximum Gasteiger partial charge on any atom is 0.416 e. The molecule has 6 nitrogen and oxygen atoms in total. The van der Waals surface area contributed by atoms with E-state index in [0.717, 1.165) is 24.3 Å². The summed E-state index contributed by atoms with van der Waals surface area (Å²) in [5.41, 5.74) is -0.564. The minimum absolute atomic E-state index is 0.0921. The van der Waals surface area contributed by atoms with Crippen LogP contribution in [0.3, 0.4) is 0 Å². The van der Waals surface area contributed by atoms with E-state index in [0.29, 0.717) is 30.4 Å². The van der Waals surface area contributed by atoms with E-state index in [9.17, 15) is 22.8 Å². The van der Waals surface area contributed by atoms with Crippen molar-refractivity contribution in [2.45, 2.75) is 20.0 Å². The molecular weight excluding hydrogens is 391 g/mol. The number of anilines is 1. The van der Waals surface area contributed by atoms with Gasteiger partial charge >= 0.3 is 12.1 Å². The van der Waals surface area contributed by atoms with Crippen LogP contribution < -0.4 is 14.8 Å². The lowest BCUT2D eigenvalue weighted by Crippen LogP contribution is -2.21. The number of carbonyl (C=O) groups is 2. The van der Waals surface area contributed by atoms with Crippen molar-refractivity contribution in [1.29, 1.82) is 0 Å². The van der Waals surface area contributed by atoms with Crippen LogP contribution in [0.2, 0.25) is 0 Å². The normalized spacial score (nSPS) is 10.9. The molecule has 0 aliphatic rings. The number of benzene rings is 2. The second-order valence-electron chi connectivity index (χ2n) is 5.73. The molecule has 0 unspecified atom stereocenters. The number of hydrogen-bond donors (Lipinski definition) is 1. The van der Waals surface area contributed by atoms with Gasteiger partial charge in [-0.3, -0.25) is 4.79 Å². The van der Waals surface area contributed by atoms with E-state index in [1.54, 1.807) is 18.2 Å². The number of esters is 1. The number of nitrogens with one attached hydrogen (secondary N) is 1. The van der Waals surface area contributed by atoms with Crippen LogP contribution in [0.4, 0.5) is 18.9 Å². The summed E-state index contributed by atoms with van der Waals surface area (Å²) >= 11 is 0. The van der Waals surface area contributed by atoms with E-state index in [1.165, 1.54) is 0 Å². The van der Waals surface area contributed by atoms with Crippen molar-refractivity contribution in [2.75, 3.05) is 25.1 Å². The van der Waals surface area contributed by atoms with Gasteiger partial charge in [0.15, 0.2) is 18.1 Å². The molecule has 0 bridgehead atoms. The van der Waals surface area contributed by atoms with Crippen molar-refractivity contribution in [3.63, 3.8) is 0 Å². The maximum absolute atomic E-state index is 12.5. The zero-order chi connectivity index (χ0) is 21.4. The van der Waals surface area contributed by atoms with Crippen LogP contribution in [0.25, 0.3) is 0 Å².